The normalized spacial score (nSPS) is 23.8. The zero-order chi connectivity index (χ0) is 31.8. The SMILES string of the molecule is CCOC(=O)n1cc(C2OC(COC(c3ccccc3)(c3ccccc3)c3ccccc3)[C@H]3OC(C)(C)O[C@@]23C)c(N)c1C#N. The predicted octanol–water partition coefficient (Wildman–Crippen LogP) is 6.31. The van der Waals surface area contributed by atoms with Gasteiger partial charge in [0.15, 0.2) is 11.5 Å². The maximum atomic E-state index is 12.7. The summed E-state index contributed by atoms with van der Waals surface area (Å²) in [7, 11) is 0. The van der Waals surface area contributed by atoms with Crippen LogP contribution in [0.2, 0.25) is 0 Å². The molecule has 6 rings (SSSR count). The van der Waals surface area contributed by atoms with Crippen LogP contribution < -0.4 is 5.73 Å². The van der Waals surface area contributed by atoms with Crippen LogP contribution in [-0.2, 0) is 29.3 Å². The second-order valence-electron chi connectivity index (χ2n) is 11.9. The molecule has 2 aliphatic rings. The summed E-state index contributed by atoms with van der Waals surface area (Å²) in [5.41, 5.74) is 7.91. The van der Waals surface area contributed by atoms with Crippen molar-refractivity contribution in [2.75, 3.05) is 18.9 Å². The molecule has 0 spiro atoms. The van der Waals surface area contributed by atoms with Crippen LogP contribution in [0.15, 0.2) is 97.2 Å². The molecule has 0 aliphatic carbocycles. The molecule has 2 aliphatic heterocycles. The lowest BCUT2D eigenvalue weighted by Crippen LogP contribution is -2.42. The van der Waals surface area contributed by atoms with E-state index in [1.54, 1.807) is 6.92 Å². The molecule has 2 saturated heterocycles. The van der Waals surface area contributed by atoms with Crippen LogP contribution in [0.1, 0.15) is 61.7 Å². The Kier molecular flexibility index (Phi) is 8.02. The maximum Gasteiger partial charge on any atom is 0.419 e. The van der Waals surface area contributed by atoms with Gasteiger partial charge in [-0.1, -0.05) is 91.0 Å². The Hall–Kier alpha value is -4.46. The largest absolute Gasteiger partial charge is 0.449 e. The summed E-state index contributed by atoms with van der Waals surface area (Å²) >= 11 is 0. The Bertz CT molecular complexity index is 1600. The first-order valence-corrected chi connectivity index (χ1v) is 15.1. The highest BCUT2D eigenvalue weighted by Gasteiger charge is 2.64. The van der Waals surface area contributed by atoms with E-state index in [1.807, 2.05) is 81.4 Å². The summed E-state index contributed by atoms with van der Waals surface area (Å²) in [6, 6.07) is 32.3. The number of anilines is 1. The van der Waals surface area contributed by atoms with Gasteiger partial charge in [-0.05, 0) is 44.4 Å². The number of nitriles is 1. The van der Waals surface area contributed by atoms with Crippen molar-refractivity contribution < 1.29 is 28.5 Å². The van der Waals surface area contributed by atoms with Crippen molar-refractivity contribution >= 4 is 11.8 Å². The van der Waals surface area contributed by atoms with Crippen LogP contribution in [0.3, 0.4) is 0 Å². The summed E-state index contributed by atoms with van der Waals surface area (Å²) in [4.78, 5) is 12.7. The maximum absolute atomic E-state index is 12.7. The number of benzene rings is 3. The number of ether oxygens (including phenoxy) is 5. The van der Waals surface area contributed by atoms with Crippen molar-refractivity contribution in [2.45, 2.75) is 63.0 Å². The van der Waals surface area contributed by atoms with Crippen molar-refractivity contribution in [1.29, 1.82) is 5.26 Å². The van der Waals surface area contributed by atoms with E-state index in [0.29, 0.717) is 5.56 Å². The zero-order valence-corrected chi connectivity index (χ0v) is 25.8. The average molecular weight is 608 g/mol. The highest BCUT2D eigenvalue weighted by atomic mass is 16.8. The lowest BCUT2D eigenvalue weighted by atomic mass is 9.80. The van der Waals surface area contributed by atoms with Gasteiger partial charge in [0.25, 0.3) is 0 Å². The number of nitrogens with zero attached hydrogens (tertiary/aromatic N) is 2. The molecule has 232 valence electrons. The van der Waals surface area contributed by atoms with Crippen molar-refractivity contribution in [3.63, 3.8) is 0 Å². The first kappa shape index (κ1) is 30.6. The number of hydrogen-bond acceptors (Lipinski definition) is 8. The highest BCUT2D eigenvalue weighted by Crippen LogP contribution is 2.54. The first-order chi connectivity index (χ1) is 21.6. The molecule has 2 fully saturated rings. The van der Waals surface area contributed by atoms with E-state index in [4.69, 9.17) is 29.4 Å². The Balaban J connectivity index is 1.42. The minimum Gasteiger partial charge on any atom is -0.449 e. The monoisotopic (exact) mass is 607 g/mol. The van der Waals surface area contributed by atoms with E-state index in [9.17, 15) is 10.1 Å². The number of carbonyl (C=O) groups excluding carboxylic acids is 1. The molecular formula is C36H37N3O6. The minimum atomic E-state index is -1.02. The van der Waals surface area contributed by atoms with Crippen LogP contribution in [0.5, 0.6) is 0 Å². The van der Waals surface area contributed by atoms with Gasteiger partial charge in [0.2, 0.25) is 0 Å². The molecule has 4 aromatic rings. The molecule has 1 aromatic heterocycles. The van der Waals surface area contributed by atoms with Crippen LogP contribution in [0.25, 0.3) is 0 Å². The van der Waals surface area contributed by atoms with E-state index in [0.717, 1.165) is 21.3 Å². The van der Waals surface area contributed by atoms with Crippen molar-refractivity contribution in [3.8, 4) is 6.07 Å². The topological polar surface area (TPSA) is 118 Å². The average Bonchev–Trinajstić information content (AvgIpc) is 3.61. The Morgan fingerprint density at radius 2 is 1.49 bits per heavy atom. The molecule has 3 heterocycles. The summed E-state index contributed by atoms with van der Waals surface area (Å²) in [6.45, 7) is 7.57. The third-order valence-electron chi connectivity index (χ3n) is 8.54. The first-order valence-electron chi connectivity index (χ1n) is 15.1. The second-order valence-corrected chi connectivity index (χ2v) is 11.9. The molecule has 3 aromatic carbocycles. The van der Waals surface area contributed by atoms with Gasteiger partial charge in [0, 0.05) is 11.8 Å². The van der Waals surface area contributed by atoms with Gasteiger partial charge in [0.1, 0.15) is 35.6 Å². The number of rotatable bonds is 8. The lowest BCUT2D eigenvalue weighted by molar-refractivity contribution is -0.210. The van der Waals surface area contributed by atoms with E-state index >= 15 is 0 Å². The predicted molar refractivity (Wildman–Crippen MR) is 167 cm³/mol. The highest BCUT2D eigenvalue weighted by molar-refractivity contribution is 5.77. The van der Waals surface area contributed by atoms with Gasteiger partial charge < -0.3 is 29.4 Å². The lowest BCUT2D eigenvalue weighted by Gasteiger charge is -2.37. The molecular weight excluding hydrogens is 570 g/mol. The molecule has 4 atom stereocenters. The Labute approximate surface area is 263 Å². The summed E-state index contributed by atoms with van der Waals surface area (Å²) in [6.07, 6.45) is -1.14. The molecule has 2 N–H and O–H groups in total. The smallest absolute Gasteiger partial charge is 0.419 e. The van der Waals surface area contributed by atoms with Gasteiger partial charge >= 0.3 is 6.09 Å². The zero-order valence-electron chi connectivity index (χ0n) is 25.8. The van der Waals surface area contributed by atoms with E-state index in [-0.39, 0.29) is 24.6 Å². The summed E-state index contributed by atoms with van der Waals surface area (Å²) in [5, 5.41) is 9.88. The number of nitrogen functional groups attached to an aromatic ring is 1. The molecule has 0 bridgehead atoms. The molecule has 9 nitrogen and oxygen atoms in total. The van der Waals surface area contributed by atoms with Crippen LogP contribution in [-0.4, -0.2) is 47.5 Å². The van der Waals surface area contributed by atoms with Crippen LogP contribution >= 0.6 is 0 Å². The Morgan fingerprint density at radius 1 is 0.956 bits per heavy atom. The van der Waals surface area contributed by atoms with Gasteiger partial charge in [0.05, 0.1) is 18.9 Å². The molecule has 0 amide bonds. The number of fused-ring (bicyclic) bond motifs is 1. The molecule has 0 saturated carbocycles. The van der Waals surface area contributed by atoms with Crippen molar-refractivity contribution in [2.24, 2.45) is 0 Å². The quantitative estimate of drug-likeness (QED) is 0.232. The number of aromatic nitrogens is 1. The fraction of sp³-hybridized carbons (Fsp3) is 0.333. The van der Waals surface area contributed by atoms with Gasteiger partial charge in [-0.3, -0.25) is 0 Å². The van der Waals surface area contributed by atoms with E-state index < -0.39 is 41.4 Å². The van der Waals surface area contributed by atoms with E-state index in [2.05, 4.69) is 36.4 Å². The third kappa shape index (κ3) is 5.20. The van der Waals surface area contributed by atoms with E-state index in [1.165, 1.54) is 6.20 Å². The van der Waals surface area contributed by atoms with Crippen LogP contribution in [0.4, 0.5) is 10.5 Å². The third-order valence-corrected chi connectivity index (χ3v) is 8.54. The summed E-state index contributed by atoms with van der Waals surface area (Å²) in [5.74, 6) is -0.939. The van der Waals surface area contributed by atoms with Gasteiger partial charge in [-0.25, -0.2) is 9.36 Å². The fourth-order valence-electron chi connectivity index (χ4n) is 6.75. The fourth-order valence-corrected chi connectivity index (χ4v) is 6.75. The molecule has 0 radical (unpaired) electrons. The van der Waals surface area contributed by atoms with Gasteiger partial charge in [-0.15, -0.1) is 0 Å². The minimum absolute atomic E-state index is 0.0266. The number of carbonyl (C=O) groups is 1. The van der Waals surface area contributed by atoms with Crippen molar-refractivity contribution in [3.05, 3.63) is 125 Å². The van der Waals surface area contributed by atoms with Crippen molar-refractivity contribution in [1.82, 2.24) is 4.57 Å². The van der Waals surface area contributed by atoms with Crippen LogP contribution in [0, 0.1) is 11.3 Å². The number of hydrogen-bond donors (Lipinski definition) is 1. The standard InChI is InChI=1S/C36H37N3O6/c1-5-41-33(40)39-22-27(30(38)28(39)21-37)31-35(4)32(44-34(2,3)45-35)29(43-31)23-42-36(24-15-9-6-10-16-24,25-17-11-7-12-18-25)26-19-13-8-14-20-26/h6-20,22,29,31-32H,5,23,38H2,1-4H3/t29?,31?,32-,35+/m1/s1. The summed E-state index contributed by atoms with van der Waals surface area (Å²) < 4.78 is 33.1. The molecule has 45 heavy (non-hydrogen) atoms. The number of nitrogens with two attached hydrogens (primary N) is 1. The molecule has 2 unspecified atom stereocenters. The second kappa shape index (κ2) is 11.8. The molecule has 9 heteroatoms. The Morgan fingerprint density at radius 3 is 1.98 bits per heavy atom. The van der Waals surface area contributed by atoms with Gasteiger partial charge in [-0.2, -0.15) is 5.26 Å².